The Morgan fingerprint density at radius 1 is 1.39 bits per heavy atom. The molecule has 1 aliphatic heterocycles. The van der Waals surface area contributed by atoms with Crippen LogP contribution < -0.4 is 4.74 Å². The van der Waals surface area contributed by atoms with Crippen LogP contribution in [-0.4, -0.2) is 30.0 Å². The van der Waals surface area contributed by atoms with Gasteiger partial charge in [0.1, 0.15) is 11.9 Å². The molecule has 1 aliphatic rings. The molecule has 3 nitrogen and oxygen atoms in total. The van der Waals surface area contributed by atoms with Crippen LogP contribution in [0.2, 0.25) is 0 Å². The highest BCUT2D eigenvalue weighted by Gasteiger charge is 2.33. The lowest BCUT2D eigenvalue weighted by atomic mass is 9.95. The number of carbonyl (C=O) groups excluding carboxylic acids is 1. The van der Waals surface area contributed by atoms with Gasteiger partial charge in [-0.1, -0.05) is 32.9 Å². The van der Waals surface area contributed by atoms with E-state index in [1.54, 1.807) is 0 Å². The number of nitrogens with zero attached hydrogens (tertiary/aromatic N) is 1. The molecule has 0 saturated carbocycles. The highest BCUT2D eigenvalue weighted by Crippen LogP contribution is 2.23. The number of amides is 1. The summed E-state index contributed by atoms with van der Waals surface area (Å²) in [5.74, 6) is 1.05. The summed E-state index contributed by atoms with van der Waals surface area (Å²) >= 11 is 0. The van der Waals surface area contributed by atoms with Gasteiger partial charge < -0.3 is 9.64 Å². The Hall–Kier alpha value is -1.51. The number of hydrogen-bond acceptors (Lipinski definition) is 2. The second-order valence-corrected chi connectivity index (χ2v) is 5.77. The first-order valence-electron chi connectivity index (χ1n) is 6.39. The Balaban J connectivity index is 1.91. The van der Waals surface area contributed by atoms with Crippen molar-refractivity contribution in [1.82, 2.24) is 4.90 Å². The average molecular weight is 246 g/mol. The molecule has 1 aromatic carbocycles. The van der Waals surface area contributed by atoms with Crippen LogP contribution in [-0.2, 0) is 4.79 Å². The fourth-order valence-electron chi connectivity index (χ4n) is 2.13. The van der Waals surface area contributed by atoms with Crippen LogP contribution in [0, 0.1) is 11.5 Å². The van der Waals surface area contributed by atoms with Crippen molar-refractivity contribution in [3.8, 4) is 5.75 Å². The van der Waals surface area contributed by atoms with Gasteiger partial charge >= 0.3 is 0 Å². The van der Waals surface area contributed by atoms with E-state index in [-0.39, 0.29) is 17.4 Å². The number of rotatable bonds is 2. The third-order valence-corrected chi connectivity index (χ3v) is 3.06. The van der Waals surface area contributed by atoms with Crippen molar-refractivity contribution in [3.63, 3.8) is 0 Å². The zero-order chi connectivity index (χ0) is 13.2. The topological polar surface area (TPSA) is 29.5 Å². The van der Waals surface area contributed by atoms with Crippen molar-refractivity contribution in [1.29, 1.82) is 0 Å². The van der Waals surface area contributed by atoms with Gasteiger partial charge in [-0.2, -0.15) is 0 Å². The molecular formula is C15H20NO2. The molecule has 2 rings (SSSR count). The minimum Gasteiger partial charge on any atom is -0.489 e. The Labute approximate surface area is 109 Å². The van der Waals surface area contributed by atoms with Crippen molar-refractivity contribution >= 4 is 5.91 Å². The van der Waals surface area contributed by atoms with Gasteiger partial charge in [-0.25, -0.2) is 0 Å². The lowest BCUT2D eigenvalue weighted by Crippen LogP contribution is -2.38. The van der Waals surface area contributed by atoms with Gasteiger partial charge in [0.05, 0.1) is 6.54 Å². The molecule has 1 aromatic rings. The SMILES string of the molecule is CC(C)(C)C(=O)N1CCC(Oc2cc[c]cc2)C1. The number of hydrogen-bond donors (Lipinski definition) is 0. The Morgan fingerprint density at radius 2 is 2.06 bits per heavy atom. The molecule has 3 heteroatoms. The average Bonchev–Trinajstić information content (AvgIpc) is 2.76. The van der Waals surface area contributed by atoms with Gasteiger partial charge in [-0.05, 0) is 18.2 Å². The lowest BCUT2D eigenvalue weighted by Gasteiger charge is -2.25. The van der Waals surface area contributed by atoms with Crippen LogP contribution in [0.1, 0.15) is 27.2 Å². The molecule has 1 fully saturated rings. The van der Waals surface area contributed by atoms with E-state index in [2.05, 4.69) is 6.07 Å². The number of benzene rings is 1. The summed E-state index contributed by atoms with van der Waals surface area (Å²) in [4.78, 5) is 14.0. The molecule has 97 valence electrons. The van der Waals surface area contributed by atoms with Gasteiger partial charge in [0.25, 0.3) is 0 Å². The molecule has 0 spiro atoms. The number of ether oxygens (including phenoxy) is 1. The van der Waals surface area contributed by atoms with Crippen LogP contribution in [0.3, 0.4) is 0 Å². The standard InChI is InChI=1S/C15H20NO2/c1-15(2,3)14(17)16-10-9-13(11-16)18-12-7-5-4-6-8-12/h5-8,13H,9-11H2,1-3H3. The largest absolute Gasteiger partial charge is 0.489 e. The molecule has 1 saturated heterocycles. The van der Waals surface area contributed by atoms with Gasteiger partial charge in [-0.15, -0.1) is 0 Å². The summed E-state index contributed by atoms with van der Waals surface area (Å²) < 4.78 is 5.85. The molecule has 1 radical (unpaired) electrons. The molecule has 0 N–H and O–H groups in total. The fourth-order valence-corrected chi connectivity index (χ4v) is 2.13. The van der Waals surface area contributed by atoms with Crippen LogP contribution in [0.5, 0.6) is 5.75 Å². The van der Waals surface area contributed by atoms with E-state index in [0.717, 1.165) is 18.7 Å². The summed E-state index contributed by atoms with van der Waals surface area (Å²) in [6.45, 7) is 7.35. The summed E-state index contributed by atoms with van der Waals surface area (Å²) in [7, 11) is 0. The molecule has 1 heterocycles. The van der Waals surface area contributed by atoms with E-state index in [0.29, 0.717) is 6.54 Å². The minimum atomic E-state index is -0.309. The predicted molar refractivity (Wildman–Crippen MR) is 70.3 cm³/mol. The van der Waals surface area contributed by atoms with E-state index >= 15 is 0 Å². The van der Waals surface area contributed by atoms with Crippen molar-refractivity contribution in [2.45, 2.75) is 33.3 Å². The van der Waals surface area contributed by atoms with Crippen molar-refractivity contribution < 1.29 is 9.53 Å². The minimum absolute atomic E-state index is 0.110. The maximum atomic E-state index is 12.1. The summed E-state index contributed by atoms with van der Waals surface area (Å²) in [6, 6.07) is 10.4. The second kappa shape index (κ2) is 5.01. The third-order valence-electron chi connectivity index (χ3n) is 3.06. The lowest BCUT2D eigenvalue weighted by molar-refractivity contribution is -0.138. The Bertz CT molecular complexity index is 408. The number of carbonyl (C=O) groups is 1. The van der Waals surface area contributed by atoms with Crippen LogP contribution in [0.25, 0.3) is 0 Å². The van der Waals surface area contributed by atoms with Crippen LogP contribution in [0.4, 0.5) is 0 Å². The quantitative estimate of drug-likeness (QED) is 0.802. The van der Waals surface area contributed by atoms with Gasteiger partial charge in [0.15, 0.2) is 0 Å². The first-order chi connectivity index (χ1) is 8.47. The van der Waals surface area contributed by atoms with Crippen molar-refractivity contribution in [2.75, 3.05) is 13.1 Å². The van der Waals surface area contributed by atoms with Gasteiger partial charge in [0, 0.05) is 18.4 Å². The molecule has 0 aliphatic carbocycles. The molecule has 0 aromatic heterocycles. The van der Waals surface area contributed by atoms with Gasteiger partial charge in [-0.3, -0.25) is 4.79 Å². The van der Waals surface area contributed by atoms with Crippen molar-refractivity contribution in [2.24, 2.45) is 5.41 Å². The first-order valence-corrected chi connectivity index (χ1v) is 6.39. The third kappa shape index (κ3) is 3.03. The molecule has 1 unspecified atom stereocenters. The van der Waals surface area contributed by atoms with Crippen LogP contribution in [0.15, 0.2) is 24.3 Å². The Morgan fingerprint density at radius 3 is 2.67 bits per heavy atom. The van der Waals surface area contributed by atoms with E-state index in [1.807, 2.05) is 49.9 Å². The van der Waals surface area contributed by atoms with Crippen LogP contribution >= 0.6 is 0 Å². The summed E-state index contributed by atoms with van der Waals surface area (Å²) in [6.07, 6.45) is 1.01. The smallest absolute Gasteiger partial charge is 0.228 e. The molecule has 1 atom stereocenters. The van der Waals surface area contributed by atoms with Crippen molar-refractivity contribution in [3.05, 3.63) is 30.3 Å². The van der Waals surface area contributed by atoms with E-state index < -0.39 is 0 Å². The molecule has 1 amide bonds. The van der Waals surface area contributed by atoms with E-state index in [9.17, 15) is 4.79 Å². The van der Waals surface area contributed by atoms with E-state index in [1.165, 1.54) is 0 Å². The summed E-state index contributed by atoms with van der Waals surface area (Å²) in [5.41, 5.74) is -0.309. The zero-order valence-electron chi connectivity index (χ0n) is 11.3. The molecule has 18 heavy (non-hydrogen) atoms. The normalized spacial score (nSPS) is 19.9. The maximum absolute atomic E-state index is 12.1. The van der Waals surface area contributed by atoms with E-state index in [4.69, 9.17) is 4.74 Å². The zero-order valence-corrected chi connectivity index (χ0v) is 11.3. The predicted octanol–water partition coefficient (Wildman–Crippen LogP) is 2.51. The second-order valence-electron chi connectivity index (χ2n) is 5.77. The first kappa shape index (κ1) is 12.9. The van der Waals surface area contributed by atoms with Gasteiger partial charge in [0.2, 0.25) is 5.91 Å². The Kier molecular flexibility index (Phi) is 3.60. The highest BCUT2D eigenvalue weighted by atomic mass is 16.5. The fraction of sp³-hybridized carbons (Fsp3) is 0.533. The maximum Gasteiger partial charge on any atom is 0.228 e. The highest BCUT2D eigenvalue weighted by molar-refractivity contribution is 5.81. The monoisotopic (exact) mass is 246 g/mol. The summed E-state index contributed by atoms with van der Waals surface area (Å²) in [5, 5.41) is 0. The number of likely N-dealkylation sites (tertiary alicyclic amines) is 1. The molecular weight excluding hydrogens is 226 g/mol. The molecule has 0 bridgehead atoms.